The molecule has 1 N–H and O–H groups in total. The Morgan fingerprint density at radius 2 is 1.29 bits per heavy atom. The number of imidazole rings is 1. The van der Waals surface area contributed by atoms with E-state index < -0.39 is 24.0 Å². The summed E-state index contributed by atoms with van der Waals surface area (Å²) >= 11 is 0. The summed E-state index contributed by atoms with van der Waals surface area (Å²) in [7, 11) is 0. The van der Waals surface area contributed by atoms with Gasteiger partial charge in [0.25, 0.3) is 0 Å². The first-order valence-electron chi connectivity index (χ1n) is 25.4. The first-order chi connectivity index (χ1) is 33.6. The van der Waals surface area contributed by atoms with Gasteiger partial charge < -0.3 is 5.11 Å². The number of benzene rings is 7. The summed E-state index contributed by atoms with van der Waals surface area (Å²) < 4.78 is 54.0. The number of rotatable bonds is 10. The van der Waals surface area contributed by atoms with Crippen LogP contribution in [0.1, 0.15) is 111 Å². The van der Waals surface area contributed by atoms with Crippen LogP contribution in [0.3, 0.4) is 0 Å². The van der Waals surface area contributed by atoms with E-state index in [1.165, 1.54) is 0 Å². The van der Waals surface area contributed by atoms with Crippen molar-refractivity contribution in [2.75, 3.05) is 0 Å². The molecule has 5 heteroatoms. The first-order valence-corrected chi connectivity index (χ1v) is 22.4. The fourth-order valence-electron chi connectivity index (χ4n) is 8.67. The standard InChI is InChI=1S/C61H58N3O.Pt/c1-38(2)45-33-51(40(5)6)59(65)54(34-45)60-63-58-49(46-30-47(32-48(31-46)61(7,8)9)55-35-44(28-29-62-55)41-20-13-10-14-21-41)26-19-27-56(58)64(60)57-37-52(42-22-15-11-16-23-42)50(39(3)4)36-53(57)43-24-17-12-18-25-43;/h10-29,31-40,65H,1-9H3;/q-1;/i10D,13D,14D,20D,21D,39D;. The molecule has 7 aromatic carbocycles. The average Bonchev–Trinajstić information content (AvgIpc) is 3.74. The quantitative estimate of drug-likeness (QED) is 0.139. The second-order valence-corrected chi connectivity index (χ2v) is 18.8. The Hall–Kier alpha value is -6.35. The fourth-order valence-corrected chi connectivity index (χ4v) is 8.67. The molecule has 9 rings (SSSR count). The average molecular weight is 1050 g/mol. The molecule has 0 radical (unpaired) electrons. The van der Waals surface area contributed by atoms with Crippen LogP contribution in [0, 0.1) is 6.07 Å². The van der Waals surface area contributed by atoms with E-state index in [1.54, 1.807) is 18.3 Å². The number of aromatic hydroxyl groups is 1. The van der Waals surface area contributed by atoms with E-state index in [2.05, 4.69) is 126 Å². The summed E-state index contributed by atoms with van der Waals surface area (Å²) in [6, 6.07) is 44.6. The monoisotopic (exact) mass is 1050 g/mol. The molecule has 334 valence electrons. The molecule has 0 saturated heterocycles. The van der Waals surface area contributed by atoms with Gasteiger partial charge in [-0.3, -0.25) is 9.55 Å². The number of fused-ring (bicyclic) bond motifs is 1. The Morgan fingerprint density at radius 3 is 1.92 bits per heavy atom. The molecule has 9 aromatic rings. The number of hydrogen-bond acceptors (Lipinski definition) is 3. The van der Waals surface area contributed by atoms with Crippen LogP contribution in [0.4, 0.5) is 0 Å². The maximum Gasteiger partial charge on any atom is 0.148 e. The van der Waals surface area contributed by atoms with E-state index in [-0.39, 0.29) is 61.7 Å². The van der Waals surface area contributed by atoms with Gasteiger partial charge in [-0.05, 0) is 98.0 Å². The molecule has 66 heavy (non-hydrogen) atoms. The molecule has 0 amide bonds. The van der Waals surface area contributed by atoms with Crippen molar-refractivity contribution in [2.45, 2.75) is 85.5 Å². The summed E-state index contributed by atoms with van der Waals surface area (Å²) in [4.78, 5) is 10.4. The zero-order valence-corrected chi connectivity index (χ0v) is 41.2. The molecule has 2 aromatic heterocycles. The second kappa shape index (κ2) is 18.9. The topological polar surface area (TPSA) is 50.9 Å². The molecule has 0 atom stereocenters. The number of phenols is 1. The molecule has 0 spiro atoms. The zero-order valence-electron chi connectivity index (χ0n) is 45.0. The van der Waals surface area contributed by atoms with Gasteiger partial charge in [-0.1, -0.05) is 189 Å². The van der Waals surface area contributed by atoms with E-state index >= 15 is 0 Å². The second-order valence-electron chi connectivity index (χ2n) is 18.8. The Bertz CT molecular complexity index is 3490. The Labute approximate surface area is 414 Å². The minimum Gasteiger partial charge on any atom is -0.507 e. The molecule has 2 heterocycles. The van der Waals surface area contributed by atoms with Gasteiger partial charge >= 0.3 is 0 Å². The molecule has 0 aliphatic heterocycles. The summed E-state index contributed by atoms with van der Waals surface area (Å²) in [5.74, 6) is -0.0626. The van der Waals surface area contributed by atoms with Crippen molar-refractivity contribution in [3.05, 3.63) is 192 Å². The summed E-state index contributed by atoms with van der Waals surface area (Å²) in [6.07, 6.45) is 1.60. The molecule has 0 fully saturated rings. The van der Waals surface area contributed by atoms with Gasteiger partial charge in [-0.25, -0.2) is 4.98 Å². The molecular weight excluding hydrogens is 986 g/mol. The Balaban J connectivity index is 0.00000693. The Kier molecular flexibility index (Phi) is 11.1. The van der Waals surface area contributed by atoms with Crippen LogP contribution in [0.25, 0.3) is 83.9 Å². The maximum atomic E-state index is 12.5. The molecule has 4 nitrogen and oxygen atoms in total. The van der Waals surface area contributed by atoms with Gasteiger partial charge in [0.1, 0.15) is 11.6 Å². The van der Waals surface area contributed by atoms with Gasteiger partial charge in [0.05, 0.1) is 29.1 Å². The number of aromatic nitrogens is 3. The van der Waals surface area contributed by atoms with Crippen LogP contribution in [0.5, 0.6) is 5.75 Å². The first kappa shape index (κ1) is 38.9. The largest absolute Gasteiger partial charge is 0.507 e. The normalized spacial score (nSPS) is 13.2. The van der Waals surface area contributed by atoms with Gasteiger partial charge in [0.15, 0.2) is 0 Å². The van der Waals surface area contributed by atoms with Gasteiger partial charge in [0.2, 0.25) is 0 Å². The van der Waals surface area contributed by atoms with Crippen LogP contribution >= 0.6 is 0 Å². The molecule has 0 bridgehead atoms. The van der Waals surface area contributed by atoms with Crippen molar-refractivity contribution >= 4 is 11.0 Å². The van der Waals surface area contributed by atoms with Crippen LogP contribution in [0.15, 0.2) is 164 Å². The molecule has 0 saturated carbocycles. The van der Waals surface area contributed by atoms with E-state index in [1.807, 2.05) is 62.4 Å². The van der Waals surface area contributed by atoms with Crippen LogP contribution in [0.2, 0.25) is 0 Å². The van der Waals surface area contributed by atoms with Crippen molar-refractivity contribution < 1.29 is 34.4 Å². The molecule has 0 aliphatic carbocycles. The van der Waals surface area contributed by atoms with Crippen molar-refractivity contribution in [1.82, 2.24) is 14.5 Å². The summed E-state index contributed by atoms with van der Waals surface area (Å²) in [6.45, 7) is 18.8. The molecular formula is C61H58N3OPt-. The third-order valence-corrected chi connectivity index (χ3v) is 12.3. The van der Waals surface area contributed by atoms with Crippen molar-refractivity contribution in [2.24, 2.45) is 0 Å². The zero-order chi connectivity index (χ0) is 50.8. The van der Waals surface area contributed by atoms with Gasteiger partial charge in [-0.15, -0.1) is 29.3 Å². The summed E-state index contributed by atoms with van der Waals surface area (Å²) in [5.41, 5.74) is 13.4. The van der Waals surface area contributed by atoms with E-state index in [0.717, 1.165) is 66.8 Å². The number of pyridine rings is 1. The summed E-state index contributed by atoms with van der Waals surface area (Å²) in [5, 5.41) is 12.5. The number of hydrogen-bond donors (Lipinski definition) is 1. The third-order valence-electron chi connectivity index (χ3n) is 12.3. The predicted octanol–water partition coefficient (Wildman–Crippen LogP) is 16.6. The SMILES string of the molecule is [2H]c1c([2H])c([2H])c(-c2ccnc(-c3[c-]c(-c4cccc5c4nc(-c4cc(C(C)C)cc(C(C)C)c4O)n5-c4cc(-c5ccccc5)c(C([2H])(C)C)cc4-c4ccccc4)cc(C(C)(C)C)c3)c2)c([2H])c1[2H].[Pt]. The number of phenolic OH excluding ortho intramolecular Hbond substituents is 1. The smallest absolute Gasteiger partial charge is 0.148 e. The van der Waals surface area contributed by atoms with Crippen molar-refractivity contribution in [3.63, 3.8) is 0 Å². The van der Waals surface area contributed by atoms with E-state index in [4.69, 9.17) is 16.8 Å². The fraction of sp³-hybridized carbons (Fsp3) is 0.213. The van der Waals surface area contributed by atoms with Crippen LogP contribution in [-0.2, 0) is 26.5 Å². The Morgan fingerprint density at radius 1 is 0.621 bits per heavy atom. The van der Waals surface area contributed by atoms with E-state index in [0.29, 0.717) is 33.7 Å². The molecule has 0 unspecified atom stereocenters. The predicted molar refractivity (Wildman–Crippen MR) is 273 cm³/mol. The minimum absolute atomic E-state index is 0. The number of para-hydroxylation sites is 1. The van der Waals surface area contributed by atoms with Crippen molar-refractivity contribution in [3.8, 4) is 78.6 Å². The number of nitrogens with zero attached hydrogens (tertiary/aromatic N) is 3. The minimum atomic E-state index is -0.967. The van der Waals surface area contributed by atoms with Gasteiger partial charge in [0, 0.05) is 39.9 Å². The van der Waals surface area contributed by atoms with Gasteiger partial charge in [-0.2, -0.15) is 0 Å². The van der Waals surface area contributed by atoms with Crippen LogP contribution in [-0.4, -0.2) is 19.6 Å². The van der Waals surface area contributed by atoms with Crippen molar-refractivity contribution in [1.29, 1.82) is 0 Å². The third kappa shape index (κ3) is 8.97. The van der Waals surface area contributed by atoms with Crippen LogP contribution < -0.4 is 0 Å². The maximum absolute atomic E-state index is 12.5. The molecule has 0 aliphatic rings. The van der Waals surface area contributed by atoms with E-state index in [9.17, 15) is 6.48 Å².